The summed E-state index contributed by atoms with van der Waals surface area (Å²) in [6.45, 7) is 1.20. The molecule has 5 atom stereocenters. The highest BCUT2D eigenvalue weighted by atomic mass is 16.5. The summed E-state index contributed by atoms with van der Waals surface area (Å²) in [6.07, 6.45) is 4.37. The maximum absolute atomic E-state index is 6.64. The Kier molecular flexibility index (Phi) is 3.43. The third-order valence-corrected chi connectivity index (χ3v) is 6.03. The molecule has 3 aliphatic rings. The van der Waals surface area contributed by atoms with Gasteiger partial charge in [-0.05, 0) is 54.9 Å². The highest BCUT2D eigenvalue weighted by Gasteiger charge is 2.66. The lowest BCUT2D eigenvalue weighted by Gasteiger charge is -2.19. The zero-order chi connectivity index (χ0) is 14.4. The first-order valence-corrected chi connectivity index (χ1v) is 8.27. The van der Waals surface area contributed by atoms with E-state index in [1.54, 1.807) is 7.11 Å². The molecular formula is C18H25NO2. The predicted octanol–water partition coefficient (Wildman–Crippen LogP) is 3.00. The topological polar surface area (TPSA) is 44.5 Å². The van der Waals surface area contributed by atoms with Crippen LogP contribution < -0.4 is 10.5 Å². The summed E-state index contributed by atoms with van der Waals surface area (Å²) in [5.74, 6) is 5.40. The van der Waals surface area contributed by atoms with Gasteiger partial charge in [0.15, 0.2) is 0 Å². The molecule has 0 aliphatic heterocycles. The average Bonchev–Trinajstić information content (AvgIpc) is 2.94. The Balaban J connectivity index is 1.49. The smallest absolute Gasteiger partial charge is 0.124 e. The van der Waals surface area contributed by atoms with Gasteiger partial charge in [0.1, 0.15) is 12.4 Å². The minimum Gasteiger partial charge on any atom is -0.491 e. The first kappa shape index (κ1) is 13.6. The van der Waals surface area contributed by atoms with Crippen LogP contribution in [-0.4, -0.2) is 20.3 Å². The minimum atomic E-state index is 0.141. The largest absolute Gasteiger partial charge is 0.491 e. The molecule has 114 valence electrons. The summed E-state index contributed by atoms with van der Waals surface area (Å²) in [5, 5.41) is 0. The number of nitrogens with two attached hydrogens (primary N) is 1. The van der Waals surface area contributed by atoms with Gasteiger partial charge in [0, 0.05) is 18.7 Å². The standard InChI is InChI=1S/C18H25NO2/c1-20-8-9-21-14-5-3-2-4-13(14)18(19)17-15-11-6-7-12(10-11)16(15)17/h2-5,11-12,15-18H,6-10,19H2,1H3. The van der Waals surface area contributed by atoms with Crippen LogP contribution in [0.2, 0.25) is 0 Å². The highest BCUT2D eigenvalue weighted by molar-refractivity contribution is 5.38. The van der Waals surface area contributed by atoms with Gasteiger partial charge in [-0.15, -0.1) is 0 Å². The first-order valence-electron chi connectivity index (χ1n) is 8.27. The molecule has 4 rings (SSSR count). The second-order valence-corrected chi connectivity index (χ2v) is 6.97. The van der Waals surface area contributed by atoms with E-state index in [4.69, 9.17) is 15.2 Å². The van der Waals surface area contributed by atoms with Crippen LogP contribution >= 0.6 is 0 Å². The number of rotatable bonds is 6. The summed E-state index contributed by atoms with van der Waals surface area (Å²) in [5.41, 5.74) is 7.82. The van der Waals surface area contributed by atoms with Crippen molar-refractivity contribution in [2.45, 2.75) is 25.3 Å². The van der Waals surface area contributed by atoms with Crippen molar-refractivity contribution in [3.8, 4) is 5.75 Å². The number of para-hydroxylation sites is 1. The molecule has 1 aromatic carbocycles. The van der Waals surface area contributed by atoms with Gasteiger partial charge in [0.25, 0.3) is 0 Å². The van der Waals surface area contributed by atoms with Crippen molar-refractivity contribution < 1.29 is 9.47 Å². The summed E-state index contributed by atoms with van der Waals surface area (Å²) in [6, 6.07) is 8.42. The molecule has 21 heavy (non-hydrogen) atoms. The van der Waals surface area contributed by atoms with Crippen LogP contribution in [0.5, 0.6) is 5.75 Å². The van der Waals surface area contributed by atoms with E-state index in [1.807, 2.05) is 12.1 Å². The summed E-state index contributed by atoms with van der Waals surface area (Å²) < 4.78 is 10.9. The summed E-state index contributed by atoms with van der Waals surface area (Å²) in [7, 11) is 1.70. The van der Waals surface area contributed by atoms with E-state index in [2.05, 4.69) is 12.1 Å². The van der Waals surface area contributed by atoms with Crippen LogP contribution in [0.1, 0.15) is 30.9 Å². The number of ether oxygens (including phenoxy) is 2. The van der Waals surface area contributed by atoms with Crippen molar-refractivity contribution in [2.75, 3.05) is 20.3 Å². The third kappa shape index (κ3) is 2.18. The van der Waals surface area contributed by atoms with Gasteiger partial charge in [-0.3, -0.25) is 0 Å². The fourth-order valence-electron chi connectivity index (χ4n) is 5.20. The zero-order valence-electron chi connectivity index (χ0n) is 12.7. The molecule has 3 heteroatoms. The van der Waals surface area contributed by atoms with Crippen molar-refractivity contribution in [1.82, 2.24) is 0 Å². The van der Waals surface area contributed by atoms with E-state index in [0.29, 0.717) is 19.1 Å². The Hall–Kier alpha value is -1.06. The molecule has 3 saturated carbocycles. The highest BCUT2D eigenvalue weighted by Crippen LogP contribution is 2.72. The number of hydrogen-bond donors (Lipinski definition) is 1. The van der Waals surface area contributed by atoms with Gasteiger partial charge in [-0.1, -0.05) is 18.2 Å². The molecule has 3 aliphatic carbocycles. The van der Waals surface area contributed by atoms with Crippen LogP contribution in [0, 0.1) is 29.6 Å². The Morgan fingerprint density at radius 2 is 1.86 bits per heavy atom. The lowest BCUT2D eigenvalue weighted by molar-refractivity contribution is 0.145. The average molecular weight is 287 g/mol. The minimum absolute atomic E-state index is 0.141. The number of fused-ring (bicyclic) bond motifs is 5. The van der Waals surface area contributed by atoms with Crippen molar-refractivity contribution in [3.63, 3.8) is 0 Å². The van der Waals surface area contributed by atoms with Gasteiger partial charge in [-0.25, -0.2) is 0 Å². The lowest BCUT2D eigenvalue weighted by atomic mass is 9.93. The molecule has 3 nitrogen and oxygen atoms in total. The molecule has 3 fully saturated rings. The lowest BCUT2D eigenvalue weighted by Crippen LogP contribution is -2.19. The molecule has 5 unspecified atom stereocenters. The third-order valence-electron chi connectivity index (χ3n) is 6.03. The normalized spacial score (nSPS) is 37.3. The monoisotopic (exact) mass is 287 g/mol. The van der Waals surface area contributed by atoms with E-state index >= 15 is 0 Å². The molecule has 2 N–H and O–H groups in total. The fraction of sp³-hybridized carbons (Fsp3) is 0.667. The van der Waals surface area contributed by atoms with Crippen LogP contribution in [0.25, 0.3) is 0 Å². The van der Waals surface area contributed by atoms with Crippen LogP contribution in [0.3, 0.4) is 0 Å². The maximum Gasteiger partial charge on any atom is 0.124 e. The van der Waals surface area contributed by atoms with Crippen molar-refractivity contribution >= 4 is 0 Å². The summed E-state index contributed by atoms with van der Waals surface area (Å²) >= 11 is 0. The number of methoxy groups -OCH3 is 1. The van der Waals surface area contributed by atoms with E-state index in [1.165, 1.54) is 24.8 Å². The molecule has 0 heterocycles. The van der Waals surface area contributed by atoms with E-state index in [0.717, 1.165) is 29.4 Å². The molecule has 1 aromatic rings. The molecule has 0 radical (unpaired) electrons. The number of benzene rings is 1. The van der Waals surface area contributed by atoms with Crippen molar-refractivity contribution in [2.24, 2.45) is 35.3 Å². The van der Waals surface area contributed by atoms with Gasteiger partial charge in [0.05, 0.1) is 6.61 Å². The van der Waals surface area contributed by atoms with Gasteiger partial charge in [0.2, 0.25) is 0 Å². The van der Waals surface area contributed by atoms with E-state index < -0.39 is 0 Å². The Labute approximate surface area is 126 Å². The molecule has 0 spiro atoms. The summed E-state index contributed by atoms with van der Waals surface area (Å²) in [4.78, 5) is 0. The molecule has 2 bridgehead atoms. The molecule has 0 aromatic heterocycles. The quantitative estimate of drug-likeness (QED) is 0.818. The van der Waals surface area contributed by atoms with Crippen LogP contribution in [-0.2, 0) is 4.74 Å². The molecular weight excluding hydrogens is 262 g/mol. The van der Waals surface area contributed by atoms with Crippen molar-refractivity contribution in [1.29, 1.82) is 0 Å². The van der Waals surface area contributed by atoms with Gasteiger partial charge >= 0.3 is 0 Å². The Bertz CT molecular complexity index is 502. The SMILES string of the molecule is COCCOc1ccccc1C(N)C1C2C3CCC(C3)C21. The maximum atomic E-state index is 6.64. The predicted molar refractivity (Wildman–Crippen MR) is 82.0 cm³/mol. The van der Waals surface area contributed by atoms with Crippen LogP contribution in [0.4, 0.5) is 0 Å². The van der Waals surface area contributed by atoms with Gasteiger partial charge < -0.3 is 15.2 Å². The molecule has 0 amide bonds. The Morgan fingerprint density at radius 1 is 1.14 bits per heavy atom. The fourth-order valence-corrected chi connectivity index (χ4v) is 5.20. The van der Waals surface area contributed by atoms with E-state index in [-0.39, 0.29) is 6.04 Å². The van der Waals surface area contributed by atoms with Gasteiger partial charge in [-0.2, -0.15) is 0 Å². The van der Waals surface area contributed by atoms with Crippen LogP contribution in [0.15, 0.2) is 24.3 Å². The van der Waals surface area contributed by atoms with E-state index in [9.17, 15) is 0 Å². The second-order valence-electron chi connectivity index (χ2n) is 6.97. The Morgan fingerprint density at radius 3 is 2.57 bits per heavy atom. The number of hydrogen-bond acceptors (Lipinski definition) is 3. The molecule has 0 saturated heterocycles. The second kappa shape index (κ2) is 5.29. The zero-order valence-corrected chi connectivity index (χ0v) is 12.7. The van der Waals surface area contributed by atoms with Crippen molar-refractivity contribution in [3.05, 3.63) is 29.8 Å². The first-order chi connectivity index (χ1) is 10.3.